The summed E-state index contributed by atoms with van der Waals surface area (Å²) < 4.78 is 0. The van der Waals surface area contributed by atoms with E-state index >= 15 is 0 Å². The van der Waals surface area contributed by atoms with E-state index in [0.717, 1.165) is 0 Å². The Kier molecular flexibility index (Phi) is 1.63. The molecule has 0 spiro atoms. The molecular formula is C8H7N3O3. The number of nitrogens with one attached hydrogen (secondary N) is 1. The number of aromatic hydroxyl groups is 1. The molecule has 0 saturated heterocycles. The summed E-state index contributed by atoms with van der Waals surface area (Å²) >= 11 is 0. The molecule has 1 aromatic carbocycles. The molecule has 0 amide bonds. The second kappa shape index (κ2) is 2.69. The number of phenols is 1. The highest BCUT2D eigenvalue weighted by Crippen LogP contribution is 2.29. The van der Waals surface area contributed by atoms with Crippen molar-refractivity contribution in [2.24, 2.45) is 0 Å². The lowest BCUT2D eigenvalue weighted by Gasteiger charge is -1.94. The van der Waals surface area contributed by atoms with Gasteiger partial charge in [0.1, 0.15) is 5.82 Å². The van der Waals surface area contributed by atoms with Crippen molar-refractivity contribution in [3.05, 3.63) is 28.1 Å². The first-order chi connectivity index (χ1) is 6.58. The number of aromatic amines is 1. The standard InChI is InChI=1S/C8H7N3O3/c1-4-9-5-2-7(11(13)14)8(12)3-6(5)10-4/h2-3,12H,1H3,(H,9,10). The number of aromatic nitrogens is 2. The van der Waals surface area contributed by atoms with Crippen molar-refractivity contribution in [3.8, 4) is 5.75 Å². The number of nitro groups is 1. The van der Waals surface area contributed by atoms with E-state index in [1.54, 1.807) is 6.92 Å². The third-order valence-electron chi connectivity index (χ3n) is 1.89. The Bertz CT molecular complexity index is 518. The maximum Gasteiger partial charge on any atom is 0.313 e. The third kappa shape index (κ3) is 1.17. The highest BCUT2D eigenvalue weighted by atomic mass is 16.6. The SMILES string of the molecule is Cc1nc2cc([N+](=O)[O-])c(O)cc2[nH]1. The van der Waals surface area contributed by atoms with Crippen molar-refractivity contribution < 1.29 is 10.0 Å². The molecule has 1 heterocycles. The summed E-state index contributed by atoms with van der Waals surface area (Å²) in [6, 6.07) is 2.54. The molecule has 6 nitrogen and oxygen atoms in total. The van der Waals surface area contributed by atoms with Crippen LogP contribution in [0.4, 0.5) is 5.69 Å². The molecule has 2 rings (SSSR count). The first-order valence-electron chi connectivity index (χ1n) is 3.91. The molecular weight excluding hydrogens is 186 g/mol. The summed E-state index contributed by atoms with van der Waals surface area (Å²) in [5.74, 6) is 0.297. The van der Waals surface area contributed by atoms with Crippen LogP contribution in [0.2, 0.25) is 0 Å². The van der Waals surface area contributed by atoms with E-state index in [1.807, 2.05) is 0 Å². The zero-order valence-electron chi connectivity index (χ0n) is 7.31. The number of nitro benzene ring substituents is 1. The molecule has 0 atom stereocenters. The Balaban J connectivity index is 2.76. The van der Waals surface area contributed by atoms with Gasteiger partial charge in [-0.15, -0.1) is 0 Å². The molecule has 0 aliphatic carbocycles. The van der Waals surface area contributed by atoms with Gasteiger partial charge in [0.25, 0.3) is 0 Å². The summed E-state index contributed by atoms with van der Waals surface area (Å²) in [5.41, 5.74) is 0.738. The maximum atomic E-state index is 10.5. The maximum absolute atomic E-state index is 10.5. The fourth-order valence-corrected chi connectivity index (χ4v) is 1.31. The number of rotatable bonds is 1. The Morgan fingerprint density at radius 3 is 2.93 bits per heavy atom. The van der Waals surface area contributed by atoms with Gasteiger partial charge in [-0.2, -0.15) is 0 Å². The quantitative estimate of drug-likeness (QED) is 0.530. The van der Waals surface area contributed by atoms with Crippen LogP contribution in [0.3, 0.4) is 0 Å². The first-order valence-corrected chi connectivity index (χ1v) is 3.91. The van der Waals surface area contributed by atoms with Crippen molar-refractivity contribution in [3.63, 3.8) is 0 Å². The van der Waals surface area contributed by atoms with Gasteiger partial charge >= 0.3 is 5.69 Å². The molecule has 0 radical (unpaired) electrons. The molecule has 2 aromatic rings. The number of H-pyrrole nitrogens is 1. The van der Waals surface area contributed by atoms with Crippen molar-refractivity contribution in [1.82, 2.24) is 9.97 Å². The fourth-order valence-electron chi connectivity index (χ4n) is 1.31. The monoisotopic (exact) mass is 193 g/mol. The van der Waals surface area contributed by atoms with Crippen LogP contribution < -0.4 is 0 Å². The van der Waals surface area contributed by atoms with Gasteiger partial charge in [-0.25, -0.2) is 4.98 Å². The lowest BCUT2D eigenvalue weighted by molar-refractivity contribution is -0.385. The van der Waals surface area contributed by atoms with E-state index in [9.17, 15) is 15.2 Å². The molecule has 2 N–H and O–H groups in total. The lowest BCUT2D eigenvalue weighted by atomic mass is 10.2. The first kappa shape index (κ1) is 8.49. The minimum absolute atomic E-state index is 0.330. The van der Waals surface area contributed by atoms with Crippen molar-refractivity contribution in [1.29, 1.82) is 0 Å². The lowest BCUT2D eigenvalue weighted by Crippen LogP contribution is -1.88. The highest BCUT2D eigenvalue weighted by Gasteiger charge is 2.15. The normalized spacial score (nSPS) is 10.6. The zero-order chi connectivity index (χ0) is 10.3. The second-order valence-electron chi connectivity index (χ2n) is 2.94. The van der Waals surface area contributed by atoms with Crippen LogP contribution in [0.5, 0.6) is 5.75 Å². The molecule has 0 unspecified atom stereocenters. The average Bonchev–Trinajstić information content (AvgIpc) is 2.42. The van der Waals surface area contributed by atoms with Crippen LogP contribution in [0.1, 0.15) is 5.82 Å². The highest BCUT2D eigenvalue weighted by molar-refractivity contribution is 5.80. The van der Waals surface area contributed by atoms with Gasteiger partial charge in [0.15, 0.2) is 5.75 Å². The number of phenolic OH excluding ortho intramolecular Hbond substituents is 1. The molecule has 72 valence electrons. The Morgan fingerprint density at radius 1 is 1.57 bits per heavy atom. The van der Waals surface area contributed by atoms with Crippen LogP contribution in [0, 0.1) is 17.0 Å². The minimum Gasteiger partial charge on any atom is -0.502 e. The molecule has 1 aromatic heterocycles. The average molecular weight is 193 g/mol. The Hall–Kier alpha value is -2.11. The number of nitrogens with zero attached hydrogens (tertiary/aromatic N) is 2. The number of aryl methyl sites for hydroxylation is 1. The van der Waals surface area contributed by atoms with Crippen LogP contribution in [0.25, 0.3) is 11.0 Å². The van der Waals surface area contributed by atoms with Crippen LogP contribution >= 0.6 is 0 Å². The number of fused-ring (bicyclic) bond motifs is 1. The molecule has 0 aliphatic rings. The molecule has 14 heavy (non-hydrogen) atoms. The van der Waals surface area contributed by atoms with Gasteiger partial charge in [0, 0.05) is 12.1 Å². The van der Waals surface area contributed by atoms with E-state index in [-0.39, 0.29) is 11.4 Å². The molecule has 0 fully saturated rings. The van der Waals surface area contributed by atoms with E-state index in [4.69, 9.17) is 0 Å². The zero-order valence-corrected chi connectivity index (χ0v) is 7.31. The van der Waals surface area contributed by atoms with Gasteiger partial charge in [-0.05, 0) is 6.92 Å². The van der Waals surface area contributed by atoms with Crippen molar-refractivity contribution >= 4 is 16.7 Å². The predicted octanol–water partition coefficient (Wildman–Crippen LogP) is 1.49. The van der Waals surface area contributed by atoms with E-state index in [2.05, 4.69) is 9.97 Å². The summed E-state index contributed by atoms with van der Waals surface area (Å²) in [7, 11) is 0. The molecule has 0 bridgehead atoms. The Labute approximate surface area is 78.4 Å². The summed E-state index contributed by atoms with van der Waals surface area (Å²) in [6.07, 6.45) is 0. The van der Waals surface area contributed by atoms with Gasteiger partial charge in [-0.3, -0.25) is 10.1 Å². The minimum atomic E-state index is -0.640. The van der Waals surface area contributed by atoms with Crippen LogP contribution in [-0.2, 0) is 0 Å². The van der Waals surface area contributed by atoms with Crippen molar-refractivity contribution in [2.45, 2.75) is 6.92 Å². The van der Waals surface area contributed by atoms with Gasteiger partial charge < -0.3 is 10.1 Å². The third-order valence-corrected chi connectivity index (χ3v) is 1.89. The van der Waals surface area contributed by atoms with Crippen molar-refractivity contribution in [2.75, 3.05) is 0 Å². The van der Waals surface area contributed by atoms with Crippen LogP contribution in [-0.4, -0.2) is 20.0 Å². The number of hydrogen-bond acceptors (Lipinski definition) is 4. The van der Waals surface area contributed by atoms with E-state index < -0.39 is 4.92 Å². The Morgan fingerprint density at radius 2 is 2.29 bits per heavy atom. The smallest absolute Gasteiger partial charge is 0.313 e. The number of imidazole rings is 1. The molecule has 0 saturated carbocycles. The second-order valence-corrected chi connectivity index (χ2v) is 2.94. The topological polar surface area (TPSA) is 92.1 Å². The van der Waals surface area contributed by atoms with E-state index in [0.29, 0.717) is 16.9 Å². The number of hydrogen-bond donors (Lipinski definition) is 2. The fraction of sp³-hybridized carbons (Fsp3) is 0.125. The predicted molar refractivity (Wildman–Crippen MR) is 49.1 cm³/mol. The largest absolute Gasteiger partial charge is 0.502 e. The van der Waals surface area contributed by atoms with Gasteiger partial charge in [0.2, 0.25) is 0 Å². The molecule has 6 heteroatoms. The van der Waals surface area contributed by atoms with Gasteiger partial charge in [0.05, 0.1) is 16.0 Å². The van der Waals surface area contributed by atoms with Gasteiger partial charge in [-0.1, -0.05) is 0 Å². The summed E-state index contributed by atoms with van der Waals surface area (Å²) in [5, 5.41) is 19.8. The van der Waals surface area contributed by atoms with E-state index in [1.165, 1.54) is 12.1 Å². The summed E-state index contributed by atoms with van der Waals surface area (Å²) in [6.45, 7) is 1.74. The summed E-state index contributed by atoms with van der Waals surface area (Å²) in [4.78, 5) is 16.7. The molecule has 0 aliphatic heterocycles. The van der Waals surface area contributed by atoms with Crippen LogP contribution in [0.15, 0.2) is 12.1 Å². The number of benzene rings is 1.